The number of ketones is 1. The monoisotopic (exact) mass is 365 g/mol. The topological polar surface area (TPSA) is 137 Å². The van der Waals surface area contributed by atoms with E-state index in [9.17, 15) is 14.7 Å². The summed E-state index contributed by atoms with van der Waals surface area (Å²) in [5.74, 6) is -1.59. The summed E-state index contributed by atoms with van der Waals surface area (Å²) in [5, 5.41) is 9.56. The molecule has 0 amide bonds. The van der Waals surface area contributed by atoms with Crippen LogP contribution in [0.1, 0.15) is 27.5 Å². The molecule has 2 aromatic heterocycles. The van der Waals surface area contributed by atoms with Crippen LogP contribution < -0.4 is 11.5 Å². The highest BCUT2D eigenvalue weighted by Gasteiger charge is 2.23. The zero-order valence-electron chi connectivity index (χ0n) is 14.4. The second-order valence-corrected chi connectivity index (χ2v) is 6.20. The molecule has 0 radical (unpaired) electrons. The fourth-order valence-corrected chi connectivity index (χ4v) is 2.68. The highest BCUT2D eigenvalue weighted by molar-refractivity contribution is 5.96. The van der Waals surface area contributed by atoms with E-state index < -0.39 is 11.9 Å². The molecule has 2 heterocycles. The summed E-state index contributed by atoms with van der Waals surface area (Å²) in [6, 6.07) is 9.99. The fraction of sp³-hybridized carbons (Fsp3) is 0.158. The Morgan fingerprint density at radius 3 is 2.44 bits per heavy atom. The van der Waals surface area contributed by atoms with E-state index in [0.29, 0.717) is 22.8 Å². The molecular weight excluding hydrogens is 346 g/mol. The maximum atomic E-state index is 12.3. The third-order valence-electron chi connectivity index (χ3n) is 4.15. The van der Waals surface area contributed by atoms with E-state index in [1.165, 1.54) is 6.33 Å². The Balaban J connectivity index is 1.73. The first-order valence-corrected chi connectivity index (χ1v) is 8.26. The predicted molar refractivity (Wildman–Crippen MR) is 100 cm³/mol. The van der Waals surface area contributed by atoms with Crippen LogP contribution >= 0.6 is 0 Å². The lowest BCUT2D eigenvalue weighted by atomic mass is 9.98. The molecule has 0 aliphatic heterocycles. The Morgan fingerprint density at radius 2 is 1.81 bits per heavy atom. The van der Waals surface area contributed by atoms with Crippen LogP contribution in [-0.4, -0.2) is 31.4 Å². The van der Waals surface area contributed by atoms with Gasteiger partial charge in [-0.25, -0.2) is 9.97 Å². The number of rotatable bonds is 7. The van der Waals surface area contributed by atoms with Crippen molar-refractivity contribution in [2.24, 2.45) is 0 Å². The van der Waals surface area contributed by atoms with Crippen LogP contribution in [0.25, 0.3) is 0 Å². The Kier molecular flexibility index (Phi) is 5.16. The first-order valence-electron chi connectivity index (χ1n) is 8.26. The lowest BCUT2D eigenvalue weighted by Gasteiger charge is -2.09. The number of benzene rings is 1. The molecule has 3 rings (SSSR count). The zero-order chi connectivity index (χ0) is 19.4. The number of nitrogens with two attached hydrogens (primary N) is 2. The molecule has 0 fully saturated rings. The number of hydrogen-bond acceptors (Lipinski definition) is 6. The van der Waals surface area contributed by atoms with E-state index in [-0.39, 0.29) is 18.7 Å². The van der Waals surface area contributed by atoms with Gasteiger partial charge in [-0.2, -0.15) is 0 Å². The van der Waals surface area contributed by atoms with Crippen molar-refractivity contribution in [3.63, 3.8) is 0 Å². The number of carbonyl (C=O) groups excluding carboxylic acids is 1. The van der Waals surface area contributed by atoms with Gasteiger partial charge in [0, 0.05) is 23.6 Å². The molecule has 1 unspecified atom stereocenters. The Hall–Kier alpha value is -3.68. The van der Waals surface area contributed by atoms with Gasteiger partial charge in [0.1, 0.15) is 11.7 Å². The molecule has 0 bridgehead atoms. The van der Waals surface area contributed by atoms with Crippen LogP contribution in [0.2, 0.25) is 0 Å². The van der Waals surface area contributed by atoms with Gasteiger partial charge in [0.05, 0.1) is 18.6 Å². The first-order chi connectivity index (χ1) is 12.9. The fourth-order valence-electron chi connectivity index (χ4n) is 2.68. The third kappa shape index (κ3) is 4.49. The number of pyridine rings is 1. The number of carboxylic acids is 1. The van der Waals surface area contributed by atoms with Gasteiger partial charge in [-0.1, -0.05) is 6.07 Å². The summed E-state index contributed by atoms with van der Waals surface area (Å²) in [7, 11) is 0. The molecule has 0 saturated heterocycles. The number of carboxylic acid groups (broad SMARTS) is 1. The van der Waals surface area contributed by atoms with Crippen molar-refractivity contribution in [2.75, 3.05) is 11.5 Å². The molecule has 1 aromatic carbocycles. The quantitative estimate of drug-likeness (QED) is 0.428. The smallest absolute Gasteiger partial charge is 0.312 e. The summed E-state index contributed by atoms with van der Waals surface area (Å²) < 4.78 is 1.57. The number of nitrogens with zero attached hydrogens (tertiary/aromatic N) is 3. The Morgan fingerprint density at radius 1 is 1.07 bits per heavy atom. The third-order valence-corrected chi connectivity index (χ3v) is 4.15. The maximum Gasteiger partial charge on any atom is 0.312 e. The standard InChI is InChI=1S/C19H19N5O3/c20-14-4-2-13(3-5-14)17(25)10-24-9-16(23-11-24)15(19(26)27)7-12-1-6-18(21)22-8-12/h1-6,8-9,11,15H,7,10,20H2,(H2,21,22)(H,26,27). The number of anilines is 2. The zero-order valence-corrected chi connectivity index (χ0v) is 14.4. The van der Waals surface area contributed by atoms with E-state index in [0.717, 1.165) is 5.56 Å². The average Bonchev–Trinajstić information content (AvgIpc) is 3.09. The summed E-state index contributed by atoms with van der Waals surface area (Å²) in [6.07, 6.45) is 4.82. The lowest BCUT2D eigenvalue weighted by Crippen LogP contribution is -2.15. The van der Waals surface area contributed by atoms with Gasteiger partial charge in [-0.3, -0.25) is 9.59 Å². The Labute approximate surface area is 155 Å². The van der Waals surface area contributed by atoms with Crippen LogP contribution in [0.3, 0.4) is 0 Å². The van der Waals surface area contributed by atoms with Gasteiger partial charge < -0.3 is 21.1 Å². The molecule has 138 valence electrons. The van der Waals surface area contributed by atoms with Gasteiger partial charge in [-0.05, 0) is 42.3 Å². The summed E-state index contributed by atoms with van der Waals surface area (Å²) in [6.45, 7) is 0.0622. The van der Waals surface area contributed by atoms with Crippen LogP contribution in [0, 0.1) is 0 Å². The number of hydrogen-bond donors (Lipinski definition) is 3. The van der Waals surface area contributed by atoms with Crippen molar-refractivity contribution in [1.29, 1.82) is 0 Å². The van der Waals surface area contributed by atoms with Gasteiger partial charge in [0.2, 0.25) is 0 Å². The van der Waals surface area contributed by atoms with E-state index in [2.05, 4.69) is 9.97 Å². The highest BCUT2D eigenvalue weighted by Crippen LogP contribution is 2.20. The van der Waals surface area contributed by atoms with Gasteiger partial charge in [-0.15, -0.1) is 0 Å². The number of nitrogen functional groups attached to an aromatic ring is 2. The average molecular weight is 365 g/mol. The number of aliphatic carboxylic acids is 1. The number of Topliss-reactive ketones (excluding diaryl/α,β-unsaturated/α-hetero) is 1. The van der Waals surface area contributed by atoms with E-state index in [1.807, 2.05) is 0 Å². The molecular formula is C19H19N5O3. The molecule has 27 heavy (non-hydrogen) atoms. The summed E-state index contributed by atoms with van der Waals surface area (Å²) in [5.41, 5.74) is 13.4. The molecule has 0 spiro atoms. The minimum atomic E-state index is -0.998. The SMILES string of the molecule is Nc1ccc(C(=O)Cn2cnc(C(Cc3ccc(N)nc3)C(=O)O)c2)cc1. The van der Waals surface area contributed by atoms with Gasteiger partial charge >= 0.3 is 5.97 Å². The molecule has 8 nitrogen and oxygen atoms in total. The molecule has 5 N–H and O–H groups in total. The number of aromatic nitrogens is 3. The number of carbonyl (C=O) groups is 2. The van der Waals surface area contributed by atoms with Crippen molar-refractivity contribution in [3.8, 4) is 0 Å². The first kappa shape index (κ1) is 18.1. The summed E-state index contributed by atoms with van der Waals surface area (Å²) >= 11 is 0. The number of imidazole rings is 1. The minimum absolute atomic E-state index is 0.0622. The second kappa shape index (κ2) is 7.69. The largest absolute Gasteiger partial charge is 0.481 e. The lowest BCUT2D eigenvalue weighted by molar-refractivity contribution is -0.138. The molecule has 0 saturated carbocycles. The molecule has 1 atom stereocenters. The second-order valence-electron chi connectivity index (χ2n) is 6.20. The van der Waals surface area contributed by atoms with E-state index >= 15 is 0 Å². The highest BCUT2D eigenvalue weighted by atomic mass is 16.4. The molecule has 0 aliphatic rings. The normalized spacial score (nSPS) is 11.9. The summed E-state index contributed by atoms with van der Waals surface area (Å²) in [4.78, 5) is 32.2. The maximum absolute atomic E-state index is 12.3. The van der Waals surface area contributed by atoms with Crippen molar-refractivity contribution in [1.82, 2.24) is 14.5 Å². The van der Waals surface area contributed by atoms with Crippen LogP contribution in [0.15, 0.2) is 55.1 Å². The Bertz CT molecular complexity index is 948. The molecule has 3 aromatic rings. The predicted octanol–water partition coefficient (Wildman–Crippen LogP) is 1.74. The van der Waals surface area contributed by atoms with Gasteiger partial charge in [0.25, 0.3) is 0 Å². The van der Waals surface area contributed by atoms with Crippen molar-refractivity contribution in [2.45, 2.75) is 18.9 Å². The van der Waals surface area contributed by atoms with E-state index in [1.54, 1.807) is 53.4 Å². The molecule has 0 aliphatic carbocycles. The van der Waals surface area contributed by atoms with Crippen LogP contribution in [0.4, 0.5) is 11.5 Å². The van der Waals surface area contributed by atoms with E-state index in [4.69, 9.17) is 11.5 Å². The van der Waals surface area contributed by atoms with Crippen LogP contribution in [-0.2, 0) is 17.8 Å². The minimum Gasteiger partial charge on any atom is -0.481 e. The van der Waals surface area contributed by atoms with Crippen LogP contribution in [0.5, 0.6) is 0 Å². The molecule has 8 heteroatoms. The van der Waals surface area contributed by atoms with Crippen molar-refractivity contribution < 1.29 is 14.7 Å². The van der Waals surface area contributed by atoms with Crippen molar-refractivity contribution in [3.05, 3.63) is 71.9 Å². The van der Waals surface area contributed by atoms with Crippen molar-refractivity contribution >= 4 is 23.3 Å². The van der Waals surface area contributed by atoms with Gasteiger partial charge in [0.15, 0.2) is 5.78 Å².